The highest BCUT2D eigenvalue weighted by molar-refractivity contribution is 6.34. The van der Waals surface area contributed by atoms with Crippen LogP contribution in [-0.2, 0) is 6.42 Å². The van der Waals surface area contributed by atoms with E-state index in [1.807, 2.05) is 12.1 Å². The Labute approximate surface area is 159 Å². The monoisotopic (exact) mass is 394 g/mol. The van der Waals surface area contributed by atoms with Crippen LogP contribution in [0.25, 0.3) is 0 Å². The Balaban J connectivity index is 1.88. The molecular weight excluding hydrogens is 383 g/mol. The van der Waals surface area contributed by atoms with Crippen molar-refractivity contribution in [2.75, 3.05) is 0 Å². The number of hydrogen-bond donors (Lipinski definition) is 1. The lowest BCUT2D eigenvalue weighted by Crippen LogP contribution is -2.12. The Morgan fingerprint density at radius 3 is 2.40 bits per heavy atom. The lowest BCUT2D eigenvalue weighted by Gasteiger charge is -2.11. The number of rotatable bonds is 4. The Morgan fingerprint density at radius 2 is 1.68 bits per heavy atom. The Kier molecular flexibility index (Phi) is 5.33. The second kappa shape index (κ2) is 7.48. The molecule has 0 saturated carbocycles. The van der Waals surface area contributed by atoms with Crippen LogP contribution >= 0.6 is 34.8 Å². The highest BCUT2D eigenvalue weighted by Gasteiger charge is 2.10. The van der Waals surface area contributed by atoms with Crippen LogP contribution in [0.15, 0.2) is 47.3 Å². The molecule has 0 radical (unpaired) electrons. The fourth-order valence-corrected chi connectivity index (χ4v) is 2.74. The van der Waals surface area contributed by atoms with Crippen molar-refractivity contribution in [1.82, 2.24) is 10.2 Å². The summed E-state index contributed by atoms with van der Waals surface area (Å²) in [6.07, 6.45) is 0.522. The molecule has 0 saturated heterocycles. The zero-order valence-corrected chi connectivity index (χ0v) is 15.4. The summed E-state index contributed by atoms with van der Waals surface area (Å²) in [5, 5.41) is 7.92. The predicted octanol–water partition coefficient (Wildman–Crippen LogP) is 5.42. The van der Waals surface area contributed by atoms with Crippen molar-refractivity contribution in [2.24, 2.45) is 0 Å². The molecule has 0 unspecified atom stereocenters. The van der Waals surface area contributed by atoms with Gasteiger partial charge in [-0.1, -0.05) is 40.9 Å². The van der Waals surface area contributed by atoms with E-state index < -0.39 is 0 Å². The van der Waals surface area contributed by atoms with E-state index in [-0.39, 0.29) is 5.56 Å². The summed E-state index contributed by atoms with van der Waals surface area (Å²) in [5.41, 5.74) is 2.09. The number of benzene rings is 2. The van der Waals surface area contributed by atoms with Crippen LogP contribution in [0.4, 0.5) is 0 Å². The zero-order chi connectivity index (χ0) is 18.0. The first-order valence-corrected chi connectivity index (χ1v) is 8.52. The second-order valence-electron chi connectivity index (χ2n) is 5.49. The quantitative estimate of drug-likeness (QED) is 0.641. The summed E-state index contributed by atoms with van der Waals surface area (Å²) < 4.78 is 5.82. The molecule has 0 fully saturated rings. The molecule has 1 N–H and O–H groups in total. The maximum atomic E-state index is 11.4. The molecule has 128 valence electrons. The van der Waals surface area contributed by atoms with Crippen LogP contribution in [0.3, 0.4) is 0 Å². The minimum Gasteiger partial charge on any atom is -0.454 e. The summed E-state index contributed by atoms with van der Waals surface area (Å²) in [6, 6.07) is 12.1. The van der Waals surface area contributed by atoms with Gasteiger partial charge in [0.1, 0.15) is 11.5 Å². The van der Waals surface area contributed by atoms with Crippen molar-refractivity contribution in [2.45, 2.75) is 13.3 Å². The first kappa shape index (κ1) is 17.8. The molecule has 25 heavy (non-hydrogen) atoms. The van der Waals surface area contributed by atoms with Crippen molar-refractivity contribution in [3.63, 3.8) is 0 Å². The van der Waals surface area contributed by atoms with Crippen molar-refractivity contribution in [3.05, 3.63) is 84.7 Å². The zero-order valence-electron chi connectivity index (χ0n) is 13.1. The topological polar surface area (TPSA) is 55.0 Å². The van der Waals surface area contributed by atoms with Gasteiger partial charge in [0.05, 0.1) is 15.7 Å². The normalized spacial score (nSPS) is 10.7. The standard InChI is InChI=1S/C18H13Cl3N2O2/c1-10-6-13(22-23-18(10)24)7-11-2-4-14(20)16(8-11)25-17-9-12(19)3-5-15(17)21/h2-6,8-9H,7H2,1H3,(H,23,24). The van der Waals surface area contributed by atoms with E-state index in [9.17, 15) is 4.79 Å². The van der Waals surface area contributed by atoms with Gasteiger partial charge >= 0.3 is 0 Å². The van der Waals surface area contributed by atoms with Gasteiger partial charge in [0.25, 0.3) is 5.56 Å². The predicted molar refractivity (Wildman–Crippen MR) is 100 cm³/mol. The summed E-state index contributed by atoms with van der Waals surface area (Å²) >= 11 is 18.3. The van der Waals surface area contributed by atoms with E-state index in [0.717, 1.165) is 11.3 Å². The van der Waals surface area contributed by atoms with Crippen molar-refractivity contribution >= 4 is 34.8 Å². The number of aromatic amines is 1. The second-order valence-corrected chi connectivity index (χ2v) is 6.74. The fraction of sp³-hybridized carbons (Fsp3) is 0.111. The SMILES string of the molecule is Cc1cc(Cc2ccc(Cl)c(Oc3cc(Cl)ccc3Cl)c2)n[nH]c1=O. The molecule has 4 nitrogen and oxygen atoms in total. The lowest BCUT2D eigenvalue weighted by molar-refractivity contribution is 0.482. The maximum Gasteiger partial charge on any atom is 0.267 e. The number of H-pyrrole nitrogens is 1. The molecule has 0 aliphatic rings. The molecule has 3 rings (SSSR count). The van der Waals surface area contributed by atoms with E-state index in [0.29, 0.717) is 38.6 Å². The Bertz CT molecular complexity index is 986. The van der Waals surface area contributed by atoms with Crippen molar-refractivity contribution < 1.29 is 4.74 Å². The van der Waals surface area contributed by atoms with E-state index in [1.165, 1.54) is 0 Å². The number of aryl methyl sites for hydroxylation is 1. The highest BCUT2D eigenvalue weighted by atomic mass is 35.5. The fourth-order valence-electron chi connectivity index (χ4n) is 2.27. The minimum atomic E-state index is -0.195. The molecular formula is C18H13Cl3N2O2. The molecule has 1 heterocycles. The number of aromatic nitrogens is 2. The summed E-state index contributed by atoms with van der Waals surface area (Å²) in [5.74, 6) is 0.885. The van der Waals surface area contributed by atoms with Gasteiger partial charge in [0.2, 0.25) is 0 Å². The van der Waals surface area contributed by atoms with Gasteiger partial charge < -0.3 is 4.74 Å². The number of halogens is 3. The molecule has 3 aromatic rings. The van der Waals surface area contributed by atoms with Crippen LogP contribution in [0.5, 0.6) is 11.5 Å². The van der Waals surface area contributed by atoms with Crippen LogP contribution in [-0.4, -0.2) is 10.2 Å². The van der Waals surface area contributed by atoms with Gasteiger partial charge in [-0.2, -0.15) is 5.10 Å². The lowest BCUT2D eigenvalue weighted by atomic mass is 10.1. The van der Waals surface area contributed by atoms with Crippen molar-refractivity contribution in [1.29, 1.82) is 0 Å². The molecule has 0 bridgehead atoms. The molecule has 7 heteroatoms. The van der Waals surface area contributed by atoms with Gasteiger partial charge in [-0.05, 0) is 42.8 Å². The maximum absolute atomic E-state index is 11.4. The molecule has 0 amide bonds. The number of ether oxygens (including phenoxy) is 1. The summed E-state index contributed by atoms with van der Waals surface area (Å²) in [6.45, 7) is 1.74. The molecule has 0 aliphatic heterocycles. The first-order chi connectivity index (χ1) is 11.9. The van der Waals surface area contributed by atoms with Gasteiger partial charge in [-0.3, -0.25) is 4.79 Å². The van der Waals surface area contributed by atoms with Crippen molar-refractivity contribution in [3.8, 4) is 11.5 Å². The summed E-state index contributed by atoms with van der Waals surface area (Å²) in [7, 11) is 0. The van der Waals surface area contributed by atoms with E-state index in [2.05, 4.69) is 10.2 Å². The average molecular weight is 396 g/mol. The third kappa shape index (κ3) is 4.34. The minimum absolute atomic E-state index is 0.195. The number of hydrogen-bond acceptors (Lipinski definition) is 3. The van der Waals surface area contributed by atoms with E-state index >= 15 is 0 Å². The first-order valence-electron chi connectivity index (χ1n) is 7.39. The van der Waals surface area contributed by atoms with Gasteiger partial charge in [-0.15, -0.1) is 0 Å². The smallest absolute Gasteiger partial charge is 0.267 e. The third-order valence-electron chi connectivity index (χ3n) is 3.54. The summed E-state index contributed by atoms with van der Waals surface area (Å²) in [4.78, 5) is 11.4. The average Bonchev–Trinajstić information content (AvgIpc) is 2.57. The third-order valence-corrected chi connectivity index (χ3v) is 4.40. The van der Waals surface area contributed by atoms with Crippen LogP contribution < -0.4 is 10.3 Å². The molecule has 0 spiro atoms. The molecule has 2 aromatic carbocycles. The van der Waals surface area contributed by atoms with Crippen LogP contribution in [0, 0.1) is 6.92 Å². The van der Waals surface area contributed by atoms with Gasteiger partial charge in [-0.25, -0.2) is 5.10 Å². The van der Waals surface area contributed by atoms with Gasteiger partial charge in [0.15, 0.2) is 0 Å². The molecule has 0 aliphatic carbocycles. The largest absolute Gasteiger partial charge is 0.454 e. The van der Waals surface area contributed by atoms with E-state index in [1.54, 1.807) is 37.3 Å². The number of nitrogens with zero attached hydrogens (tertiary/aromatic N) is 1. The molecule has 0 atom stereocenters. The van der Waals surface area contributed by atoms with Crippen LogP contribution in [0.2, 0.25) is 15.1 Å². The Hall–Kier alpha value is -2.01. The molecule has 1 aromatic heterocycles. The van der Waals surface area contributed by atoms with Gasteiger partial charge in [0, 0.05) is 23.1 Å². The van der Waals surface area contributed by atoms with E-state index in [4.69, 9.17) is 39.5 Å². The van der Waals surface area contributed by atoms with Crippen LogP contribution in [0.1, 0.15) is 16.8 Å². The number of nitrogens with one attached hydrogen (secondary N) is 1. The Morgan fingerprint density at radius 1 is 1.00 bits per heavy atom. The highest BCUT2D eigenvalue weighted by Crippen LogP contribution is 2.35.